The fraction of sp³-hybridized carbons (Fsp3) is 0.0800. The fourth-order valence-corrected chi connectivity index (χ4v) is 4.22. The number of aromatic amines is 2. The van der Waals surface area contributed by atoms with Gasteiger partial charge in [0.2, 0.25) is 0 Å². The van der Waals surface area contributed by atoms with E-state index in [1.165, 1.54) is 6.07 Å². The van der Waals surface area contributed by atoms with Gasteiger partial charge in [-0.1, -0.05) is 24.3 Å². The normalized spacial score (nSPS) is 11.6. The van der Waals surface area contributed by atoms with Crippen LogP contribution in [0.4, 0.5) is 4.39 Å². The summed E-state index contributed by atoms with van der Waals surface area (Å²) < 4.78 is 16.5. The van der Waals surface area contributed by atoms with Gasteiger partial charge in [-0.3, -0.25) is 10.1 Å². The summed E-state index contributed by atoms with van der Waals surface area (Å²) in [6.07, 6.45) is 5.33. The lowest BCUT2D eigenvalue weighted by Crippen LogP contribution is -1.94. The Bertz CT molecular complexity index is 1620. The van der Waals surface area contributed by atoms with E-state index in [0.29, 0.717) is 5.56 Å². The number of rotatable bonds is 3. The summed E-state index contributed by atoms with van der Waals surface area (Å²) in [4.78, 5) is 12.1. The summed E-state index contributed by atoms with van der Waals surface area (Å²) in [6.45, 7) is 1.98. The van der Waals surface area contributed by atoms with E-state index >= 15 is 0 Å². The van der Waals surface area contributed by atoms with Crippen molar-refractivity contribution < 1.29 is 4.39 Å². The molecule has 0 bridgehead atoms. The minimum absolute atomic E-state index is 0.272. The molecular formula is C25H19FN6. The molecule has 2 N–H and O–H groups in total. The highest BCUT2D eigenvalue weighted by Crippen LogP contribution is 2.35. The maximum Gasteiger partial charge on any atom is 0.131 e. The van der Waals surface area contributed by atoms with Gasteiger partial charge in [-0.05, 0) is 31.2 Å². The molecule has 156 valence electrons. The topological polar surface area (TPSA) is 75.2 Å². The van der Waals surface area contributed by atoms with E-state index < -0.39 is 0 Å². The van der Waals surface area contributed by atoms with Crippen molar-refractivity contribution in [3.8, 4) is 33.8 Å². The van der Waals surface area contributed by atoms with E-state index in [0.717, 1.165) is 55.8 Å². The van der Waals surface area contributed by atoms with Gasteiger partial charge in [-0.25, -0.2) is 9.37 Å². The van der Waals surface area contributed by atoms with E-state index in [-0.39, 0.29) is 5.82 Å². The Balaban J connectivity index is 1.53. The highest BCUT2D eigenvalue weighted by atomic mass is 19.1. The van der Waals surface area contributed by atoms with Gasteiger partial charge in [0, 0.05) is 40.7 Å². The van der Waals surface area contributed by atoms with Gasteiger partial charge in [0.05, 0.1) is 34.8 Å². The molecule has 4 heterocycles. The first-order valence-electron chi connectivity index (χ1n) is 10.3. The number of imidazole rings is 1. The van der Waals surface area contributed by atoms with E-state index in [4.69, 9.17) is 0 Å². The minimum Gasteiger partial charge on any atom is -0.352 e. The van der Waals surface area contributed by atoms with Gasteiger partial charge in [0.25, 0.3) is 0 Å². The summed E-state index contributed by atoms with van der Waals surface area (Å²) >= 11 is 0. The first-order chi connectivity index (χ1) is 15.6. The van der Waals surface area contributed by atoms with Crippen LogP contribution in [0.25, 0.3) is 55.6 Å². The average Bonchev–Trinajstić information content (AvgIpc) is 3.50. The van der Waals surface area contributed by atoms with Crippen LogP contribution in [0.3, 0.4) is 0 Å². The second kappa shape index (κ2) is 6.88. The van der Waals surface area contributed by atoms with E-state index in [9.17, 15) is 4.39 Å². The Kier molecular flexibility index (Phi) is 3.98. The molecule has 2 aromatic carbocycles. The molecule has 6 nitrogen and oxygen atoms in total. The number of pyridine rings is 1. The molecule has 0 unspecified atom stereocenters. The Morgan fingerprint density at radius 2 is 1.78 bits per heavy atom. The average molecular weight is 422 g/mol. The van der Waals surface area contributed by atoms with Gasteiger partial charge in [0.15, 0.2) is 0 Å². The number of fused-ring (bicyclic) bond motifs is 2. The summed E-state index contributed by atoms with van der Waals surface area (Å²) in [5, 5.41) is 9.58. The number of aromatic nitrogens is 6. The number of hydrogen-bond acceptors (Lipinski definition) is 3. The molecule has 4 aromatic heterocycles. The van der Waals surface area contributed by atoms with Crippen molar-refractivity contribution in [1.29, 1.82) is 0 Å². The first kappa shape index (κ1) is 18.5. The third-order valence-corrected chi connectivity index (χ3v) is 6.04. The minimum atomic E-state index is -0.272. The zero-order valence-corrected chi connectivity index (χ0v) is 17.5. The fourth-order valence-electron chi connectivity index (χ4n) is 4.22. The number of hydrogen-bond donors (Lipinski definition) is 2. The lowest BCUT2D eigenvalue weighted by atomic mass is 10.0. The van der Waals surface area contributed by atoms with Crippen LogP contribution in [0.5, 0.6) is 0 Å². The predicted molar refractivity (Wildman–Crippen MR) is 124 cm³/mol. The molecule has 0 radical (unpaired) electrons. The molecule has 0 saturated carbocycles. The zero-order valence-electron chi connectivity index (χ0n) is 17.5. The van der Waals surface area contributed by atoms with Gasteiger partial charge in [0.1, 0.15) is 17.3 Å². The molecule has 0 aliphatic heterocycles. The Hall–Kier alpha value is -4.26. The second-order valence-corrected chi connectivity index (χ2v) is 7.89. The first-order valence-corrected chi connectivity index (χ1v) is 10.3. The third kappa shape index (κ3) is 2.75. The largest absolute Gasteiger partial charge is 0.352 e. The summed E-state index contributed by atoms with van der Waals surface area (Å²) in [6, 6.07) is 15.0. The molecule has 0 fully saturated rings. The van der Waals surface area contributed by atoms with Crippen LogP contribution in [0, 0.1) is 12.7 Å². The maximum absolute atomic E-state index is 14.5. The highest BCUT2D eigenvalue weighted by molar-refractivity contribution is 6.01. The van der Waals surface area contributed by atoms with E-state index in [1.54, 1.807) is 24.5 Å². The van der Waals surface area contributed by atoms with E-state index in [2.05, 4.69) is 41.8 Å². The van der Waals surface area contributed by atoms with Crippen molar-refractivity contribution in [2.45, 2.75) is 6.92 Å². The molecule has 7 heteroatoms. The highest BCUT2D eigenvalue weighted by Gasteiger charge is 2.16. The van der Waals surface area contributed by atoms with Crippen LogP contribution in [-0.4, -0.2) is 29.7 Å². The van der Waals surface area contributed by atoms with Crippen molar-refractivity contribution in [3.63, 3.8) is 0 Å². The van der Waals surface area contributed by atoms with Crippen molar-refractivity contribution in [2.24, 2.45) is 7.05 Å². The molecule has 0 amide bonds. The summed E-state index contributed by atoms with van der Waals surface area (Å²) in [5.41, 5.74) is 6.79. The molecule has 32 heavy (non-hydrogen) atoms. The van der Waals surface area contributed by atoms with Crippen molar-refractivity contribution in [1.82, 2.24) is 29.7 Å². The SMILES string of the molecule is Cc1ncc(-c2ccc3[nH]nc(-c4cc5c(-c6ccccc6F)cncc5[nH]4)c3c2)n1C. The lowest BCUT2D eigenvalue weighted by Gasteiger charge is -2.04. The Morgan fingerprint density at radius 1 is 0.906 bits per heavy atom. The standard InChI is InChI=1S/C25H19FN6/c1-14-28-13-24(32(14)2)15-7-8-21-18(9-15)25(31-30-21)22-10-17-19(11-27-12-23(17)29-22)16-5-3-4-6-20(16)26/h3-13,29H,1-2H3,(H,30,31). The number of halogens is 1. The zero-order chi connectivity index (χ0) is 21.8. The molecule has 0 atom stereocenters. The third-order valence-electron chi connectivity index (χ3n) is 6.04. The van der Waals surface area contributed by atoms with E-state index in [1.807, 2.05) is 38.4 Å². The molecule has 0 aliphatic rings. The molecular weight excluding hydrogens is 403 g/mol. The number of nitrogens with one attached hydrogen (secondary N) is 2. The molecule has 0 spiro atoms. The number of H-pyrrole nitrogens is 2. The Morgan fingerprint density at radius 3 is 2.59 bits per heavy atom. The van der Waals surface area contributed by atoms with Gasteiger partial charge in [-0.15, -0.1) is 0 Å². The predicted octanol–water partition coefficient (Wildman–Crippen LogP) is 5.62. The Labute approximate surface area is 182 Å². The van der Waals surface area contributed by atoms with Gasteiger partial charge < -0.3 is 9.55 Å². The smallest absolute Gasteiger partial charge is 0.131 e. The van der Waals surface area contributed by atoms with Crippen LogP contribution in [-0.2, 0) is 7.05 Å². The van der Waals surface area contributed by atoms with Gasteiger partial charge in [-0.2, -0.15) is 5.10 Å². The van der Waals surface area contributed by atoms with Crippen LogP contribution in [0.15, 0.2) is 67.1 Å². The summed E-state index contributed by atoms with van der Waals surface area (Å²) in [7, 11) is 2.01. The van der Waals surface area contributed by atoms with Crippen LogP contribution in [0.2, 0.25) is 0 Å². The maximum atomic E-state index is 14.5. The molecule has 0 aliphatic carbocycles. The molecule has 6 rings (SSSR count). The second-order valence-electron chi connectivity index (χ2n) is 7.89. The number of nitrogens with zero attached hydrogens (tertiary/aromatic N) is 4. The summed E-state index contributed by atoms with van der Waals surface area (Å²) in [5.74, 6) is 0.683. The van der Waals surface area contributed by atoms with Crippen molar-refractivity contribution in [3.05, 3.63) is 78.8 Å². The van der Waals surface area contributed by atoms with Crippen LogP contribution < -0.4 is 0 Å². The number of benzene rings is 2. The monoisotopic (exact) mass is 422 g/mol. The quantitative estimate of drug-likeness (QED) is 0.389. The molecule has 0 saturated heterocycles. The van der Waals surface area contributed by atoms with Crippen LogP contribution >= 0.6 is 0 Å². The van der Waals surface area contributed by atoms with Crippen LogP contribution in [0.1, 0.15) is 5.82 Å². The van der Waals surface area contributed by atoms with Crippen molar-refractivity contribution in [2.75, 3.05) is 0 Å². The lowest BCUT2D eigenvalue weighted by molar-refractivity contribution is 0.631. The van der Waals surface area contributed by atoms with Crippen molar-refractivity contribution >= 4 is 21.8 Å². The van der Waals surface area contributed by atoms with Gasteiger partial charge >= 0.3 is 0 Å². The number of aryl methyl sites for hydroxylation is 1. The molecule has 6 aromatic rings.